The number of furan rings is 1. The first-order valence-corrected chi connectivity index (χ1v) is 9.61. The summed E-state index contributed by atoms with van der Waals surface area (Å²) in [6, 6.07) is 14.5. The third-order valence-electron chi connectivity index (χ3n) is 4.70. The fraction of sp³-hybridized carbons (Fsp3) is 0.136. The average Bonchev–Trinajstić information content (AvgIpc) is 3.19. The van der Waals surface area contributed by atoms with E-state index in [0.29, 0.717) is 22.0 Å². The molecule has 0 radical (unpaired) electrons. The predicted molar refractivity (Wildman–Crippen MR) is 114 cm³/mol. The van der Waals surface area contributed by atoms with Crippen molar-refractivity contribution in [2.45, 2.75) is 12.6 Å². The first-order chi connectivity index (χ1) is 15.5. The van der Waals surface area contributed by atoms with Gasteiger partial charge >= 0.3 is 12.0 Å². The van der Waals surface area contributed by atoms with Crippen molar-refractivity contribution >= 4 is 40.0 Å². The van der Waals surface area contributed by atoms with Gasteiger partial charge in [-0.3, -0.25) is 24.3 Å². The Balaban J connectivity index is 1.59. The Morgan fingerprint density at radius 3 is 2.56 bits per heavy atom. The molecule has 0 fully saturated rings. The number of hydrogen-bond acceptors (Lipinski definition) is 7. The van der Waals surface area contributed by atoms with Gasteiger partial charge in [-0.05, 0) is 12.1 Å². The highest BCUT2D eigenvalue weighted by Gasteiger charge is 2.27. The van der Waals surface area contributed by atoms with E-state index in [9.17, 15) is 19.2 Å². The zero-order chi connectivity index (χ0) is 22.7. The molecule has 1 unspecified atom stereocenters. The molecule has 10 heteroatoms. The monoisotopic (exact) mass is 434 g/mol. The quantitative estimate of drug-likeness (QED) is 0.458. The van der Waals surface area contributed by atoms with Gasteiger partial charge < -0.3 is 14.5 Å². The first-order valence-electron chi connectivity index (χ1n) is 9.61. The van der Waals surface area contributed by atoms with E-state index in [1.807, 2.05) is 0 Å². The second-order valence-electron chi connectivity index (χ2n) is 6.80. The average molecular weight is 434 g/mol. The van der Waals surface area contributed by atoms with Crippen LogP contribution in [-0.4, -0.2) is 34.5 Å². The van der Waals surface area contributed by atoms with Crippen LogP contribution in [0.25, 0.3) is 22.1 Å². The van der Waals surface area contributed by atoms with Crippen molar-refractivity contribution in [2.24, 2.45) is 0 Å². The summed E-state index contributed by atoms with van der Waals surface area (Å²) in [6.45, 7) is -0.505. The SMILES string of the molecule is CNC(=O)NC(=O)C(OC(=O)Cn1cnc2c(oc3ccccc32)c1=O)c1ccccc1. The molecule has 0 saturated carbocycles. The highest BCUT2D eigenvalue weighted by molar-refractivity contribution is 6.01. The molecule has 1 atom stereocenters. The van der Waals surface area contributed by atoms with Crippen LogP contribution in [0.4, 0.5) is 4.79 Å². The number of benzene rings is 2. The van der Waals surface area contributed by atoms with E-state index in [2.05, 4.69) is 15.6 Å². The van der Waals surface area contributed by atoms with Crippen LogP contribution < -0.4 is 16.2 Å². The Hall–Kier alpha value is -4.47. The number of aromatic nitrogens is 2. The molecule has 0 aliphatic rings. The number of para-hydroxylation sites is 1. The number of nitrogens with one attached hydrogen (secondary N) is 2. The Bertz CT molecular complexity index is 1380. The molecule has 10 nitrogen and oxygen atoms in total. The van der Waals surface area contributed by atoms with Crippen LogP contribution >= 0.6 is 0 Å². The lowest BCUT2D eigenvalue weighted by Crippen LogP contribution is -2.41. The summed E-state index contributed by atoms with van der Waals surface area (Å²) in [5.74, 6) is -1.70. The lowest BCUT2D eigenvalue weighted by molar-refractivity contribution is -0.156. The molecule has 4 aromatic rings. The number of imide groups is 1. The Morgan fingerprint density at radius 2 is 1.81 bits per heavy atom. The predicted octanol–water partition coefficient (Wildman–Crippen LogP) is 1.88. The van der Waals surface area contributed by atoms with E-state index in [0.717, 1.165) is 4.57 Å². The molecule has 162 valence electrons. The van der Waals surface area contributed by atoms with Gasteiger partial charge in [0.15, 0.2) is 0 Å². The van der Waals surface area contributed by atoms with E-state index in [1.165, 1.54) is 13.4 Å². The molecule has 2 aromatic heterocycles. The van der Waals surface area contributed by atoms with Crippen LogP contribution in [0.2, 0.25) is 0 Å². The van der Waals surface area contributed by atoms with E-state index >= 15 is 0 Å². The second kappa shape index (κ2) is 8.72. The smallest absolute Gasteiger partial charge is 0.327 e. The van der Waals surface area contributed by atoms with Crippen molar-refractivity contribution in [3.8, 4) is 0 Å². The Labute approximate surface area is 180 Å². The highest BCUT2D eigenvalue weighted by Crippen LogP contribution is 2.24. The van der Waals surface area contributed by atoms with E-state index in [4.69, 9.17) is 9.15 Å². The van der Waals surface area contributed by atoms with Gasteiger partial charge in [0.25, 0.3) is 11.5 Å². The number of amides is 3. The summed E-state index contributed by atoms with van der Waals surface area (Å²) in [5, 5.41) is 5.03. The maximum atomic E-state index is 12.8. The minimum absolute atomic E-state index is 0.0125. The van der Waals surface area contributed by atoms with Gasteiger partial charge in [-0.25, -0.2) is 9.78 Å². The lowest BCUT2D eigenvalue weighted by atomic mass is 10.1. The van der Waals surface area contributed by atoms with Gasteiger partial charge in [0.05, 0.1) is 6.33 Å². The molecule has 0 spiro atoms. The van der Waals surface area contributed by atoms with Crippen LogP contribution in [0.15, 0.2) is 70.1 Å². The maximum absolute atomic E-state index is 12.8. The Kier molecular flexibility index (Phi) is 5.67. The number of urea groups is 1. The van der Waals surface area contributed by atoms with Crippen molar-refractivity contribution in [3.05, 3.63) is 76.8 Å². The molecule has 2 N–H and O–H groups in total. The van der Waals surface area contributed by atoms with E-state index in [-0.39, 0.29) is 5.58 Å². The van der Waals surface area contributed by atoms with Gasteiger partial charge in [0.1, 0.15) is 17.6 Å². The largest absolute Gasteiger partial charge is 0.448 e. The summed E-state index contributed by atoms with van der Waals surface area (Å²) >= 11 is 0. The number of fused-ring (bicyclic) bond motifs is 3. The number of carbonyl (C=O) groups is 3. The molecule has 0 saturated heterocycles. The molecule has 3 amide bonds. The zero-order valence-corrected chi connectivity index (χ0v) is 16.9. The molecular formula is C22H18N4O6. The van der Waals surface area contributed by atoms with Crippen LogP contribution in [0, 0.1) is 0 Å². The highest BCUT2D eigenvalue weighted by atomic mass is 16.5. The molecule has 32 heavy (non-hydrogen) atoms. The van der Waals surface area contributed by atoms with E-state index < -0.39 is 36.1 Å². The maximum Gasteiger partial charge on any atom is 0.327 e. The summed E-state index contributed by atoms with van der Waals surface area (Å²) in [4.78, 5) is 53.7. The number of ether oxygens (including phenoxy) is 1. The minimum Gasteiger partial charge on any atom is -0.448 e. The summed E-state index contributed by atoms with van der Waals surface area (Å²) in [5.41, 5.74) is 0.706. The first kappa shape index (κ1) is 20.8. The fourth-order valence-electron chi connectivity index (χ4n) is 3.18. The fourth-order valence-corrected chi connectivity index (χ4v) is 3.18. The number of rotatable bonds is 5. The van der Waals surface area contributed by atoms with Crippen LogP contribution in [0.5, 0.6) is 0 Å². The van der Waals surface area contributed by atoms with Gasteiger partial charge in [0.2, 0.25) is 11.7 Å². The third-order valence-corrected chi connectivity index (χ3v) is 4.70. The van der Waals surface area contributed by atoms with Crippen LogP contribution in [0.3, 0.4) is 0 Å². The summed E-state index contributed by atoms with van der Waals surface area (Å²) < 4.78 is 12.0. The Morgan fingerprint density at radius 1 is 1.09 bits per heavy atom. The number of hydrogen-bond donors (Lipinski definition) is 2. The van der Waals surface area contributed by atoms with Crippen molar-refractivity contribution < 1.29 is 23.5 Å². The number of esters is 1. The topological polar surface area (TPSA) is 133 Å². The van der Waals surface area contributed by atoms with Crippen LogP contribution in [-0.2, 0) is 20.9 Å². The van der Waals surface area contributed by atoms with Gasteiger partial charge in [-0.1, -0.05) is 42.5 Å². The van der Waals surface area contributed by atoms with Gasteiger partial charge in [-0.2, -0.15) is 0 Å². The van der Waals surface area contributed by atoms with E-state index in [1.54, 1.807) is 54.6 Å². The molecule has 0 bridgehead atoms. The molecule has 0 aliphatic carbocycles. The molecule has 2 heterocycles. The summed E-state index contributed by atoms with van der Waals surface area (Å²) in [6.07, 6.45) is -0.171. The second-order valence-corrected chi connectivity index (χ2v) is 6.80. The van der Waals surface area contributed by atoms with Gasteiger partial charge in [0, 0.05) is 18.0 Å². The van der Waals surface area contributed by atoms with Crippen LogP contribution in [0.1, 0.15) is 11.7 Å². The lowest BCUT2D eigenvalue weighted by Gasteiger charge is -2.17. The molecular weight excluding hydrogens is 416 g/mol. The zero-order valence-electron chi connectivity index (χ0n) is 16.9. The minimum atomic E-state index is -1.39. The number of nitrogens with zero attached hydrogens (tertiary/aromatic N) is 2. The van der Waals surface area contributed by atoms with Crippen molar-refractivity contribution in [1.82, 2.24) is 20.2 Å². The molecule has 4 rings (SSSR count). The van der Waals surface area contributed by atoms with Crippen molar-refractivity contribution in [2.75, 3.05) is 7.05 Å². The van der Waals surface area contributed by atoms with Gasteiger partial charge in [-0.15, -0.1) is 0 Å². The summed E-state index contributed by atoms with van der Waals surface area (Å²) in [7, 11) is 1.35. The van der Waals surface area contributed by atoms with Crippen molar-refractivity contribution in [1.29, 1.82) is 0 Å². The number of carbonyl (C=O) groups excluding carboxylic acids is 3. The molecule has 2 aromatic carbocycles. The van der Waals surface area contributed by atoms with Crippen molar-refractivity contribution in [3.63, 3.8) is 0 Å². The normalized spacial score (nSPS) is 11.8. The standard InChI is InChI=1S/C22H18N4O6/c1-23-22(30)25-20(28)18(13-7-3-2-4-8-13)32-16(27)11-26-12-24-17-14-9-5-6-10-15(14)31-19(17)21(26)29/h2-10,12,18H,11H2,1H3,(H2,23,25,28,30). The third kappa shape index (κ3) is 4.06. The molecule has 0 aliphatic heterocycles.